The molecule has 1 rings (SSSR count). The van der Waals surface area contributed by atoms with E-state index in [9.17, 15) is 0 Å². The molecule has 13 heavy (non-hydrogen) atoms. The number of hydrogen-bond acceptors (Lipinski definition) is 2. The van der Waals surface area contributed by atoms with Crippen LogP contribution in [0.25, 0.3) is 0 Å². The molecule has 0 saturated carbocycles. The Morgan fingerprint density at radius 2 is 1.77 bits per heavy atom. The first-order valence-electron chi connectivity index (χ1n) is 5.45. The molecule has 0 aromatic heterocycles. The van der Waals surface area contributed by atoms with Crippen LogP contribution in [0, 0.1) is 5.92 Å². The van der Waals surface area contributed by atoms with Gasteiger partial charge < -0.3 is 10.1 Å². The first-order chi connectivity index (χ1) is 6.08. The van der Waals surface area contributed by atoms with E-state index in [0.717, 1.165) is 19.4 Å². The minimum Gasteiger partial charge on any atom is -0.378 e. The Kier molecular flexibility index (Phi) is 4.20. The quantitative estimate of drug-likeness (QED) is 0.727. The zero-order chi connectivity index (χ0) is 9.84. The molecule has 0 bridgehead atoms. The topological polar surface area (TPSA) is 21.3 Å². The molecule has 2 atom stereocenters. The van der Waals surface area contributed by atoms with Gasteiger partial charge in [0.05, 0.1) is 6.10 Å². The number of rotatable bonds is 3. The van der Waals surface area contributed by atoms with Gasteiger partial charge in [0.1, 0.15) is 0 Å². The van der Waals surface area contributed by atoms with Gasteiger partial charge in [-0.15, -0.1) is 0 Å². The third-order valence-electron chi connectivity index (χ3n) is 2.47. The van der Waals surface area contributed by atoms with E-state index in [1.54, 1.807) is 0 Å². The van der Waals surface area contributed by atoms with E-state index in [4.69, 9.17) is 4.74 Å². The molecule has 78 valence electrons. The molecule has 1 saturated heterocycles. The molecule has 0 aromatic carbocycles. The van der Waals surface area contributed by atoms with Crippen molar-refractivity contribution in [3.8, 4) is 0 Å². The van der Waals surface area contributed by atoms with Gasteiger partial charge in [0.15, 0.2) is 0 Å². The van der Waals surface area contributed by atoms with Crippen molar-refractivity contribution in [3.05, 3.63) is 0 Å². The van der Waals surface area contributed by atoms with Crippen molar-refractivity contribution in [1.82, 2.24) is 5.32 Å². The maximum atomic E-state index is 5.85. The van der Waals surface area contributed by atoms with E-state index in [0.29, 0.717) is 24.1 Å². The van der Waals surface area contributed by atoms with Gasteiger partial charge in [-0.25, -0.2) is 0 Å². The van der Waals surface area contributed by atoms with Gasteiger partial charge >= 0.3 is 0 Å². The van der Waals surface area contributed by atoms with Gasteiger partial charge in [-0.2, -0.15) is 0 Å². The molecule has 2 heteroatoms. The zero-order valence-corrected chi connectivity index (χ0v) is 9.34. The molecule has 0 spiro atoms. The van der Waals surface area contributed by atoms with E-state index in [1.165, 1.54) is 0 Å². The largest absolute Gasteiger partial charge is 0.378 e. The van der Waals surface area contributed by atoms with Crippen LogP contribution in [0.5, 0.6) is 0 Å². The van der Waals surface area contributed by atoms with Crippen LogP contribution in [0.1, 0.15) is 40.5 Å². The van der Waals surface area contributed by atoms with Crippen LogP contribution in [0.3, 0.4) is 0 Å². The summed E-state index contributed by atoms with van der Waals surface area (Å²) in [6.45, 7) is 9.79. The molecule has 1 N–H and O–H groups in total. The molecule has 2 nitrogen and oxygen atoms in total. The lowest BCUT2D eigenvalue weighted by atomic mass is 9.97. The molecule has 2 unspecified atom stereocenters. The maximum absolute atomic E-state index is 5.85. The lowest BCUT2D eigenvalue weighted by Gasteiger charge is -2.33. The number of piperidine rings is 1. The molecular weight excluding hydrogens is 162 g/mol. The predicted octanol–water partition coefficient (Wildman–Crippen LogP) is 2.19. The highest BCUT2D eigenvalue weighted by molar-refractivity contribution is 4.81. The Bertz CT molecular complexity index is 137. The molecule has 1 aliphatic heterocycles. The van der Waals surface area contributed by atoms with Crippen molar-refractivity contribution in [1.29, 1.82) is 0 Å². The molecule has 1 heterocycles. The van der Waals surface area contributed by atoms with Gasteiger partial charge in [0.25, 0.3) is 0 Å². The third kappa shape index (κ3) is 4.10. The normalized spacial score (nSPS) is 35.3. The molecule has 0 aromatic rings. The fourth-order valence-corrected chi connectivity index (χ4v) is 1.97. The zero-order valence-electron chi connectivity index (χ0n) is 9.34. The smallest absolute Gasteiger partial charge is 0.0604 e. The molecule has 0 aliphatic carbocycles. The first-order valence-corrected chi connectivity index (χ1v) is 5.45. The van der Waals surface area contributed by atoms with Crippen molar-refractivity contribution in [3.63, 3.8) is 0 Å². The molecule has 0 amide bonds. The van der Waals surface area contributed by atoms with Crippen molar-refractivity contribution < 1.29 is 4.74 Å². The van der Waals surface area contributed by atoms with E-state index in [-0.39, 0.29) is 0 Å². The van der Waals surface area contributed by atoms with Crippen molar-refractivity contribution in [2.24, 2.45) is 5.92 Å². The summed E-state index contributed by atoms with van der Waals surface area (Å²) in [6, 6.07) is 1.22. The predicted molar refractivity (Wildman–Crippen MR) is 55.9 cm³/mol. The summed E-state index contributed by atoms with van der Waals surface area (Å²) in [5.41, 5.74) is 0. The van der Waals surface area contributed by atoms with Crippen molar-refractivity contribution in [2.75, 3.05) is 6.61 Å². The molecular formula is C11H23NO. The minimum atomic E-state index is 0.480. The van der Waals surface area contributed by atoms with Crippen LogP contribution >= 0.6 is 0 Å². The highest BCUT2D eigenvalue weighted by atomic mass is 16.5. The van der Waals surface area contributed by atoms with E-state index >= 15 is 0 Å². The van der Waals surface area contributed by atoms with E-state index in [2.05, 4.69) is 33.0 Å². The molecule has 1 fully saturated rings. The average Bonchev–Trinajstić information content (AvgIpc) is 1.99. The summed E-state index contributed by atoms with van der Waals surface area (Å²) in [4.78, 5) is 0. The van der Waals surface area contributed by atoms with Gasteiger partial charge in [-0.1, -0.05) is 13.8 Å². The lowest BCUT2D eigenvalue weighted by Crippen LogP contribution is -2.45. The van der Waals surface area contributed by atoms with Crippen LogP contribution in [-0.2, 0) is 4.74 Å². The monoisotopic (exact) mass is 185 g/mol. The summed E-state index contributed by atoms with van der Waals surface area (Å²) in [6.07, 6.45) is 2.81. The maximum Gasteiger partial charge on any atom is 0.0604 e. The first kappa shape index (κ1) is 11.0. The molecule has 0 radical (unpaired) electrons. The average molecular weight is 185 g/mol. The SMILES string of the molecule is CC(C)COC1CC(C)NC(C)C1. The summed E-state index contributed by atoms with van der Waals surface area (Å²) >= 11 is 0. The van der Waals surface area contributed by atoms with Crippen LogP contribution in [0.4, 0.5) is 0 Å². The van der Waals surface area contributed by atoms with E-state index < -0.39 is 0 Å². The fraction of sp³-hybridized carbons (Fsp3) is 1.00. The van der Waals surface area contributed by atoms with Crippen LogP contribution in [0.2, 0.25) is 0 Å². The van der Waals surface area contributed by atoms with Crippen LogP contribution in [-0.4, -0.2) is 24.8 Å². The highest BCUT2D eigenvalue weighted by Crippen LogP contribution is 2.17. The summed E-state index contributed by atoms with van der Waals surface area (Å²) in [7, 11) is 0. The van der Waals surface area contributed by atoms with Crippen molar-refractivity contribution in [2.45, 2.75) is 58.7 Å². The number of hydrogen-bond donors (Lipinski definition) is 1. The Balaban J connectivity index is 2.25. The number of nitrogens with one attached hydrogen (secondary N) is 1. The van der Waals surface area contributed by atoms with Crippen LogP contribution < -0.4 is 5.32 Å². The second-order valence-corrected chi connectivity index (χ2v) is 4.79. The molecule has 1 aliphatic rings. The number of ether oxygens (including phenoxy) is 1. The van der Waals surface area contributed by atoms with Crippen molar-refractivity contribution >= 4 is 0 Å². The lowest BCUT2D eigenvalue weighted by molar-refractivity contribution is 0.000724. The van der Waals surface area contributed by atoms with Gasteiger partial charge in [-0.3, -0.25) is 0 Å². The Morgan fingerprint density at radius 1 is 1.23 bits per heavy atom. The minimum absolute atomic E-state index is 0.480. The van der Waals surface area contributed by atoms with Gasteiger partial charge in [0, 0.05) is 18.7 Å². The summed E-state index contributed by atoms with van der Waals surface area (Å²) < 4.78 is 5.85. The second kappa shape index (κ2) is 4.97. The fourth-order valence-electron chi connectivity index (χ4n) is 1.97. The summed E-state index contributed by atoms with van der Waals surface area (Å²) in [5.74, 6) is 0.653. The van der Waals surface area contributed by atoms with Crippen LogP contribution in [0.15, 0.2) is 0 Å². The second-order valence-electron chi connectivity index (χ2n) is 4.79. The van der Waals surface area contributed by atoms with Gasteiger partial charge in [-0.05, 0) is 32.6 Å². The standard InChI is InChI=1S/C11H23NO/c1-8(2)7-13-11-5-9(3)12-10(4)6-11/h8-12H,5-7H2,1-4H3. The van der Waals surface area contributed by atoms with Gasteiger partial charge in [0.2, 0.25) is 0 Å². The Hall–Kier alpha value is -0.0800. The third-order valence-corrected chi connectivity index (χ3v) is 2.47. The highest BCUT2D eigenvalue weighted by Gasteiger charge is 2.23. The van der Waals surface area contributed by atoms with E-state index in [1.807, 2.05) is 0 Å². The summed E-state index contributed by atoms with van der Waals surface area (Å²) in [5, 5.41) is 3.52. The Labute approximate surface area is 82.0 Å². The Morgan fingerprint density at radius 3 is 2.23 bits per heavy atom.